The molecule has 1 N–H and O–H groups in total. The highest BCUT2D eigenvalue weighted by Crippen LogP contribution is 2.23. The van der Waals surface area contributed by atoms with E-state index in [9.17, 15) is 9.18 Å². The fourth-order valence-electron chi connectivity index (χ4n) is 3.15. The highest BCUT2D eigenvalue weighted by molar-refractivity contribution is 7.80. The van der Waals surface area contributed by atoms with E-state index in [2.05, 4.69) is 36.2 Å². The van der Waals surface area contributed by atoms with Gasteiger partial charge in [0, 0.05) is 37.4 Å². The van der Waals surface area contributed by atoms with Gasteiger partial charge in [-0.1, -0.05) is 6.07 Å². The van der Waals surface area contributed by atoms with E-state index in [1.165, 1.54) is 24.1 Å². The molecule has 142 valence electrons. The number of rotatable bonds is 3. The van der Waals surface area contributed by atoms with Gasteiger partial charge < -0.3 is 15.1 Å². The van der Waals surface area contributed by atoms with Crippen LogP contribution in [0, 0.1) is 19.7 Å². The zero-order valence-electron chi connectivity index (χ0n) is 15.9. The van der Waals surface area contributed by atoms with Crippen LogP contribution >= 0.6 is 12.2 Å². The molecule has 2 aromatic carbocycles. The minimum Gasteiger partial charge on any atom is -0.366 e. The SMILES string of the molecule is CC(=O)c1ccc(N2CCN(C(=S)Nc3ccc(C)c(C)c3)CC2)c(F)c1. The van der Waals surface area contributed by atoms with Crippen molar-refractivity contribution in [3.05, 3.63) is 58.9 Å². The van der Waals surface area contributed by atoms with Crippen LogP contribution in [-0.2, 0) is 0 Å². The highest BCUT2D eigenvalue weighted by atomic mass is 32.1. The van der Waals surface area contributed by atoms with Crippen LogP contribution in [0.3, 0.4) is 0 Å². The molecule has 3 rings (SSSR count). The molecular weight excluding hydrogens is 361 g/mol. The second-order valence-corrected chi connectivity index (χ2v) is 7.31. The Morgan fingerprint density at radius 1 is 1.04 bits per heavy atom. The van der Waals surface area contributed by atoms with E-state index in [-0.39, 0.29) is 11.6 Å². The highest BCUT2D eigenvalue weighted by Gasteiger charge is 2.21. The van der Waals surface area contributed by atoms with Crippen LogP contribution in [0.1, 0.15) is 28.4 Å². The number of hydrogen-bond acceptors (Lipinski definition) is 3. The first kappa shape index (κ1) is 19.3. The Morgan fingerprint density at radius 2 is 1.74 bits per heavy atom. The maximum Gasteiger partial charge on any atom is 0.173 e. The molecule has 1 fully saturated rings. The summed E-state index contributed by atoms with van der Waals surface area (Å²) in [5.74, 6) is -0.486. The van der Waals surface area contributed by atoms with E-state index in [0.29, 0.717) is 42.5 Å². The number of Topliss-reactive ketones (excluding diaryl/α,β-unsaturated/α-hetero) is 1. The molecule has 0 atom stereocenters. The Balaban J connectivity index is 1.60. The number of piperazine rings is 1. The van der Waals surface area contributed by atoms with Gasteiger partial charge >= 0.3 is 0 Å². The number of hydrogen-bond donors (Lipinski definition) is 1. The molecule has 1 saturated heterocycles. The molecule has 4 nitrogen and oxygen atoms in total. The summed E-state index contributed by atoms with van der Waals surface area (Å²) in [6.07, 6.45) is 0. The molecule has 27 heavy (non-hydrogen) atoms. The second-order valence-electron chi connectivity index (χ2n) is 6.93. The number of nitrogens with one attached hydrogen (secondary N) is 1. The van der Waals surface area contributed by atoms with Crippen molar-refractivity contribution in [3.63, 3.8) is 0 Å². The summed E-state index contributed by atoms with van der Waals surface area (Å²) in [6, 6.07) is 10.9. The smallest absolute Gasteiger partial charge is 0.173 e. The maximum absolute atomic E-state index is 14.4. The molecule has 0 aromatic heterocycles. The molecule has 0 spiro atoms. The third-order valence-corrected chi connectivity index (χ3v) is 5.38. The fourth-order valence-corrected chi connectivity index (χ4v) is 3.45. The van der Waals surface area contributed by atoms with Gasteiger partial charge in [0.05, 0.1) is 5.69 Å². The summed E-state index contributed by atoms with van der Waals surface area (Å²) in [4.78, 5) is 15.5. The number of thiocarbonyl (C=S) groups is 1. The van der Waals surface area contributed by atoms with Gasteiger partial charge in [0.25, 0.3) is 0 Å². The van der Waals surface area contributed by atoms with Crippen molar-refractivity contribution in [1.82, 2.24) is 4.90 Å². The van der Waals surface area contributed by atoms with E-state index in [1.807, 2.05) is 11.0 Å². The normalized spacial score (nSPS) is 14.2. The summed E-state index contributed by atoms with van der Waals surface area (Å²) in [7, 11) is 0. The lowest BCUT2D eigenvalue weighted by molar-refractivity contribution is 0.101. The maximum atomic E-state index is 14.4. The van der Waals surface area contributed by atoms with Crippen molar-refractivity contribution >= 4 is 34.5 Å². The lowest BCUT2D eigenvalue weighted by Crippen LogP contribution is -2.50. The first-order valence-electron chi connectivity index (χ1n) is 9.04. The molecule has 0 amide bonds. The molecule has 6 heteroatoms. The van der Waals surface area contributed by atoms with Gasteiger partial charge in [-0.15, -0.1) is 0 Å². The van der Waals surface area contributed by atoms with Crippen molar-refractivity contribution in [2.45, 2.75) is 20.8 Å². The Bertz CT molecular complexity index is 876. The topological polar surface area (TPSA) is 35.6 Å². The molecule has 0 unspecified atom stereocenters. The largest absolute Gasteiger partial charge is 0.366 e. The van der Waals surface area contributed by atoms with Crippen LogP contribution in [0.15, 0.2) is 36.4 Å². The standard InChI is InChI=1S/C21H24FN3OS/c1-14-4-6-18(12-15(14)2)23-21(27)25-10-8-24(9-11-25)20-7-5-17(16(3)26)13-19(20)22/h4-7,12-13H,8-11H2,1-3H3,(H,23,27). The Labute approximate surface area is 165 Å². The number of carbonyl (C=O) groups is 1. The monoisotopic (exact) mass is 385 g/mol. The number of nitrogens with zero attached hydrogens (tertiary/aromatic N) is 2. The van der Waals surface area contributed by atoms with Crippen LogP contribution in [0.5, 0.6) is 0 Å². The molecule has 0 aliphatic carbocycles. The zero-order valence-corrected chi connectivity index (χ0v) is 16.7. The van der Waals surface area contributed by atoms with Crippen LogP contribution in [0.25, 0.3) is 0 Å². The molecule has 1 aliphatic rings. The third-order valence-electron chi connectivity index (χ3n) is 5.02. The minimum absolute atomic E-state index is 0.131. The van der Waals surface area contributed by atoms with Gasteiger partial charge in [-0.05, 0) is 74.4 Å². The molecule has 0 radical (unpaired) electrons. The Kier molecular flexibility index (Phi) is 5.75. The summed E-state index contributed by atoms with van der Waals surface area (Å²) in [5.41, 5.74) is 4.38. The van der Waals surface area contributed by atoms with E-state index in [4.69, 9.17) is 12.2 Å². The number of aryl methyl sites for hydroxylation is 2. The van der Waals surface area contributed by atoms with Crippen LogP contribution in [0.4, 0.5) is 15.8 Å². The fraction of sp³-hybridized carbons (Fsp3) is 0.333. The lowest BCUT2D eigenvalue weighted by atomic mass is 10.1. The van der Waals surface area contributed by atoms with E-state index in [1.54, 1.807) is 12.1 Å². The van der Waals surface area contributed by atoms with Gasteiger partial charge in [0.2, 0.25) is 0 Å². The number of carbonyl (C=O) groups excluding carboxylic acids is 1. The van der Waals surface area contributed by atoms with Crippen molar-refractivity contribution in [1.29, 1.82) is 0 Å². The van der Waals surface area contributed by atoms with Crippen molar-refractivity contribution in [2.24, 2.45) is 0 Å². The second kappa shape index (κ2) is 8.05. The predicted octanol–water partition coefficient (Wildman–Crippen LogP) is 4.16. The van der Waals surface area contributed by atoms with Crippen LogP contribution < -0.4 is 10.2 Å². The van der Waals surface area contributed by atoms with E-state index >= 15 is 0 Å². The van der Waals surface area contributed by atoms with Gasteiger partial charge in [-0.3, -0.25) is 4.79 Å². The summed E-state index contributed by atoms with van der Waals surface area (Å²) >= 11 is 5.54. The molecule has 1 heterocycles. The zero-order chi connectivity index (χ0) is 19.6. The minimum atomic E-state index is -0.355. The Hall–Kier alpha value is -2.47. The Morgan fingerprint density at radius 3 is 2.33 bits per heavy atom. The number of anilines is 2. The van der Waals surface area contributed by atoms with E-state index in [0.717, 1.165) is 5.69 Å². The number of halogens is 1. The van der Waals surface area contributed by atoms with Crippen molar-refractivity contribution in [2.75, 3.05) is 36.4 Å². The average molecular weight is 386 g/mol. The van der Waals surface area contributed by atoms with E-state index < -0.39 is 0 Å². The summed E-state index contributed by atoms with van der Waals surface area (Å²) in [5, 5.41) is 3.98. The first-order valence-corrected chi connectivity index (χ1v) is 9.44. The van der Waals surface area contributed by atoms with Gasteiger partial charge in [-0.25, -0.2) is 4.39 Å². The predicted molar refractivity (Wildman–Crippen MR) is 112 cm³/mol. The van der Waals surface area contributed by atoms with Crippen LogP contribution in [-0.4, -0.2) is 42.0 Å². The quantitative estimate of drug-likeness (QED) is 0.634. The van der Waals surface area contributed by atoms with Crippen LogP contribution in [0.2, 0.25) is 0 Å². The van der Waals surface area contributed by atoms with Crippen molar-refractivity contribution < 1.29 is 9.18 Å². The van der Waals surface area contributed by atoms with Gasteiger partial charge in [0.15, 0.2) is 10.9 Å². The number of ketones is 1. The number of benzene rings is 2. The third kappa shape index (κ3) is 4.45. The molecule has 0 saturated carbocycles. The molecular formula is C21H24FN3OS. The lowest BCUT2D eigenvalue weighted by Gasteiger charge is -2.37. The average Bonchev–Trinajstić information content (AvgIpc) is 2.64. The van der Waals surface area contributed by atoms with Gasteiger partial charge in [-0.2, -0.15) is 0 Å². The van der Waals surface area contributed by atoms with Crippen molar-refractivity contribution in [3.8, 4) is 0 Å². The molecule has 1 aliphatic heterocycles. The first-order chi connectivity index (χ1) is 12.8. The summed E-state index contributed by atoms with van der Waals surface area (Å²) in [6.45, 7) is 8.37. The summed E-state index contributed by atoms with van der Waals surface area (Å²) < 4.78 is 14.4. The molecule has 2 aromatic rings. The van der Waals surface area contributed by atoms with Gasteiger partial charge in [0.1, 0.15) is 5.82 Å². The molecule has 0 bridgehead atoms.